The van der Waals surface area contributed by atoms with E-state index in [1.165, 1.54) is 63.1 Å². The fourth-order valence-corrected chi connectivity index (χ4v) is 4.50. The van der Waals surface area contributed by atoms with Crippen LogP contribution in [0.5, 0.6) is 0 Å². The molecule has 1 fully saturated rings. The number of allylic oxidation sites excluding steroid dienone is 2. The van der Waals surface area contributed by atoms with Gasteiger partial charge >= 0.3 is 6.18 Å². The zero-order valence-corrected chi connectivity index (χ0v) is 19.7. The molecule has 3 nitrogen and oxygen atoms in total. The smallest absolute Gasteiger partial charge is 0.382 e. The maximum absolute atomic E-state index is 13.3. The average molecular weight is 451 g/mol. The van der Waals surface area contributed by atoms with Crippen LogP contribution in [0.3, 0.4) is 0 Å². The molecule has 0 bridgehead atoms. The van der Waals surface area contributed by atoms with Crippen LogP contribution in [0.15, 0.2) is 17.3 Å². The summed E-state index contributed by atoms with van der Waals surface area (Å²) in [5.74, 6) is 0.695. The first kappa shape index (κ1) is 27.3. The SMILES string of the molecule is CCCC/C=C\CCCCCCCCSC/C(=N/N1CCC[C@@H]1COC)C(F)(F)F. The number of ether oxygens (including phenoxy) is 1. The van der Waals surface area contributed by atoms with Gasteiger partial charge in [-0.1, -0.05) is 57.6 Å². The lowest BCUT2D eigenvalue weighted by Crippen LogP contribution is -2.34. The van der Waals surface area contributed by atoms with Crippen molar-refractivity contribution in [2.24, 2.45) is 5.10 Å². The van der Waals surface area contributed by atoms with Crippen LogP contribution in [0.1, 0.15) is 84.0 Å². The minimum Gasteiger partial charge on any atom is -0.382 e. The van der Waals surface area contributed by atoms with Gasteiger partial charge in [0, 0.05) is 19.4 Å². The van der Waals surface area contributed by atoms with Gasteiger partial charge in [0.2, 0.25) is 0 Å². The fourth-order valence-electron chi connectivity index (χ4n) is 3.54. The Morgan fingerprint density at radius 1 is 1.07 bits per heavy atom. The molecular formula is C23H41F3N2OS. The molecule has 1 rings (SSSR count). The Balaban J connectivity index is 2.14. The van der Waals surface area contributed by atoms with Crippen LogP contribution in [0.4, 0.5) is 13.2 Å². The molecule has 0 aromatic rings. The quantitative estimate of drug-likeness (QED) is 0.133. The summed E-state index contributed by atoms with van der Waals surface area (Å²) in [6, 6.07) is -0.0378. The molecule has 7 heteroatoms. The highest BCUT2D eigenvalue weighted by atomic mass is 32.2. The predicted molar refractivity (Wildman–Crippen MR) is 123 cm³/mol. The van der Waals surface area contributed by atoms with Crippen molar-refractivity contribution in [1.82, 2.24) is 5.01 Å². The van der Waals surface area contributed by atoms with Gasteiger partial charge in [0.05, 0.1) is 12.6 Å². The van der Waals surface area contributed by atoms with Crippen molar-refractivity contribution in [3.05, 3.63) is 12.2 Å². The van der Waals surface area contributed by atoms with E-state index in [1.54, 1.807) is 12.1 Å². The first-order valence-electron chi connectivity index (χ1n) is 11.6. The maximum Gasteiger partial charge on any atom is 0.432 e. The zero-order valence-electron chi connectivity index (χ0n) is 18.9. The van der Waals surface area contributed by atoms with Gasteiger partial charge in [0.15, 0.2) is 5.71 Å². The Morgan fingerprint density at radius 2 is 1.73 bits per heavy atom. The van der Waals surface area contributed by atoms with Crippen molar-refractivity contribution in [2.45, 2.75) is 96.2 Å². The van der Waals surface area contributed by atoms with Crippen LogP contribution in [0.2, 0.25) is 0 Å². The van der Waals surface area contributed by atoms with Crippen molar-refractivity contribution in [1.29, 1.82) is 0 Å². The fraction of sp³-hybridized carbons (Fsp3) is 0.870. The third kappa shape index (κ3) is 12.9. The Labute approximate surface area is 185 Å². The highest BCUT2D eigenvalue weighted by Gasteiger charge is 2.37. The molecule has 0 unspecified atom stereocenters. The summed E-state index contributed by atoms with van der Waals surface area (Å²) in [7, 11) is 1.58. The minimum absolute atomic E-state index is 0.0378. The van der Waals surface area contributed by atoms with E-state index in [1.807, 2.05) is 0 Å². The van der Waals surface area contributed by atoms with Crippen LogP contribution < -0.4 is 0 Å². The van der Waals surface area contributed by atoms with E-state index in [0.29, 0.717) is 13.2 Å². The van der Waals surface area contributed by atoms with E-state index in [9.17, 15) is 13.2 Å². The first-order chi connectivity index (χ1) is 14.5. The molecule has 0 amide bonds. The van der Waals surface area contributed by atoms with Crippen molar-refractivity contribution in [3.63, 3.8) is 0 Å². The third-order valence-corrected chi connectivity index (χ3v) is 6.38. The topological polar surface area (TPSA) is 24.8 Å². The van der Waals surface area contributed by atoms with Gasteiger partial charge in [-0.2, -0.15) is 30.0 Å². The molecule has 0 saturated carbocycles. The van der Waals surface area contributed by atoms with Crippen LogP contribution in [0, 0.1) is 0 Å². The Hall–Kier alpha value is -0.690. The van der Waals surface area contributed by atoms with Crippen molar-refractivity contribution in [2.75, 3.05) is 31.8 Å². The first-order valence-corrected chi connectivity index (χ1v) is 12.8. The van der Waals surface area contributed by atoms with Crippen LogP contribution in [-0.4, -0.2) is 54.7 Å². The summed E-state index contributed by atoms with van der Waals surface area (Å²) in [6.07, 6.45) is 13.8. The molecule has 0 N–H and O–H groups in total. The number of methoxy groups -OCH3 is 1. The number of nitrogens with zero attached hydrogens (tertiary/aromatic N) is 2. The highest BCUT2D eigenvalue weighted by Crippen LogP contribution is 2.25. The molecule has 30 heavy (non-hydrogen) atoms. The normalized spacial score (nSPS) is 18.1. The van der Waals surface area contributed by atoms with E-state index < -0.39 is 11.9 Å². The van der Waals surface area contributed by atoms with Crippen molar-refractivity contribution >= 4 is 17.5 Å². The van der Waals surface area contributed by atoms with Gasteiger partial charge in [0.25, 0.3) is 0 Å². The maximum atomic E-state index is 13.3. The third-order valence-electron chi connectivity index (χ3n) is 5.32. The lowest BCUT2D eigenvalue weighted by atomic mass is 10.1. The highest BCUT2D eigenvalue weighted by molar-refractivity contribution is 7.99. The number of alkyl halides is 3. The molecule has 1 aliphatic heterocycles. The van der Waals surface area contributed by atoms with E-state index >= 15 is 0 Å². The molecule has 0 aromatic heterocycles. The average Bonchev–Trinajstić information content (AvgIpc) is 3.13. The summed E-state index contributed by atoms with van der Waals surface area (Å²) in [5.41, 5.74) is -0.664. The van der Waals surface area contributed by atoms with E-state index in [2.05, 4.69) is 24.2 Å². The van der Waals surface area contributed by atoms with Gasteiger partial charge in [0.1, 0.15) is 0 Å². The number of hydrogen-bond donors (Lipinski definition) is 0. The van der Waals surface area contributed by atoms with E-state index in [0.717, 1.165) is 31.4 Å². The van der Waals surface area contributed by atoms with Crippen LogP contribution in [-0.2, 0) is 4.74 Å². The van der Waals surface area contributed by atoms with Gasteiger partial charge < -0.3 is 4.74 Å². The number of hydrazone groups is 1. The standard InChI is InChI=1S/C23H41F3N2OS/c1-3-4-5-6-7-8-9-10-11-12-13-14-18-30-20-22(23(24,25)26)27-28-17-15-16-21(28)19-29-2/h6-7,21H,3-5,8-20H2,1-2H3/b7-6-,27-22-/t21-/m1/s1. The summed E-state index contributed by atoms with van der Waals surface area (Å²) in [6.45, 7) is 3.21. The van der Waals surface area contributed by atoms with Gasteiger partial charge in [-0.05, 0) is 44.3 Å². The number of hydrogen-bond acceptors (Lipinski definition) is 4. The number of unbranched alkanes of at least 4 members (excludes halogenated alkanes) is 8. The van der Waals surface area contributed by atoms with Crippen molar-refractivity contribution in [3.8, 4) is 0 Å². The summed E-state index contributed by atoms with van der Waals surface area (Å²) >= 11 is 1.35. The summed E-state index contributed by atoms with van der Waals surface area (Å²) in [5, 5.41) is 5.54. The Kier molecular flexibility index (Phi) is 15.4. The molecule has 0 aromatic carbocycles. The minimum atomic E-state index is -4.36. The zero-order chi connectivity index (χ0) is 22.1. The molecule has 1 saturated heterocycles. The lowest BCUT2D eigenvalue weighted by Gasteiger charge is -2.23. The monoisotopic (exact) mass is 450 g/mol. The van der Waals surface area contributed by atoms with Crippen LogP contribution >= 0.6 is 11.8 Å². The molecular weight excluding hydrogens is 409 g/mol. The molecule has 1 heterocycles. The number of thioether (sulfide) groups is 1. The molecule has 1 atom stereocenters. The van der Waals surface area contributed by atoms with Gasteiger partial charge in [-0.15, -0.1) is 0 Å². The second-order valence-corrected chi connectivity index (χ2v) is 9.14. The van der Waals surface area contributed by atoms with Gasteiger partial charge in [-0.25, -0.2) is 0 Å². The second kappa shape index (κ2) is 16.9. The molecule has 0 spiro atoms. The Bertz CT molecular complexity index is 484. The van der Waals surface area contributed by atoms with E-state index in [-0.39, 0.29) is 11.8 Å². The largest absolute Gasteiger partial charge is 0.432 e. The molecule has 0 radical (unpaired) electrons. The number of rotatable bonds is 17. The van der Waals surface area contributed by atoms with Gasteiger partial charge in [-0.3, -0.25) is 5.01 Å². The lowest BCUT2D eigenvalue weighted by molar-refractivity contribution is -0.0607. The Morgan fingerprint density at radius 3 is 2.40 bits per heavy atom. The molecule has 176 valence electrons. The molecule has 0 aliphatic carbocycles. The van der Waals surface area contributed by atoms with Crippen LogP contribution in [0.25, 0.3) is 0 Å². The van der Waals surface area contributed by atoms with Crippen molar-refractivity contribution < 1.29 is 17.9 Å². The van der Waals surface area contributed by atoms with E-state index in [4.69, 9.17) is 4.74 Å². The number of halogens is 3. The molecule has 1 aliphatic rings. The summed E-state index contributed by atoms with van der Waals surface area (Å²) < 4.78 is 45.1. The summed E-state index contributed by atoms with van der Waals surface area (Å²) in [4.78, 5) is 0. The second-order valence-electron chi connectivity index (χ2n) is 8.04. The predicted octanol–water partition coefficient (Wildman–Crippen LogP) is 7.23.